The molecule has 5 rings (SSSR count). The third-order valence-electron chi connectivity index (χ3n) is 5.64. The van der Waals surface area contributed by atoms with E-state index in [4.69, 9.17) is 14.2 Å². The van der Waals surface area contributed by atoms with Crippen molar-refractivity contribution in [3.05, 3.63) is 96.2 Å². The molecule has 0 saturated carbocycles. The molecule has 182 valence electrons. The van der Waals surface area contributed by atoms with E-state index in [2.05, 4.69) is 16.0 Å². The number of fused-ring (bicyclic) bond motifs is 1. The van der Waals surface area contributed by atoms with Crippen molar-refractivity contribution in [2.45, 2.75) is 12.6 Å². The van der Waals surface area contributed by atoms with E-state index < -0.39 is 17.9 Å². The number of aromatic nitrogens is 2. The molecule has 9 nitrogen and oxygen atoms in total. The molecule has 0 bridgehead atoms. The molecule has 0 radical (unpaired) electrons. The molecule has 0 saturated heterocycles. The van der Waals surface area contributed by atoms with Crippen LogP contribution in [-0.4, -0.2) is 41.4 Å². The zero-order chi connectivity index (χ0) is 24.9. The van der Waals surface area contributed by atoms with Gasteiger partial charge in [-0.2, -0.15) is 5.10 Å². The number of hydrogen-bond donors (Lipinski definition) is 2. The smallest absolute Gasteiger partial charge is 0.283 e. The Morgan fingerprint density at radius 3 is 2.58 bits per heavy atom. The average Bonchev–Trinajstić information content (AvgIpc) is 3.35. The van der Waals surface area contributed by atoms with Crippen molar-refractivity contribution >= 4 is 11.8 Å². The topological polar surface area (TPSA) is 104 Å². The summed E-state index contributed by atoms with van der Waals surface area (Å²) in [5, 5.41) is 4.66. The molecular formula is C27H24N4O5. The fourth-order valence-electron chi connectivity index (χ4n) is 3.84. The molecule has 4 aromatic rings. The summed E-state index contributed by atoms with van der Waals surface area (Å²) < 4.78 is 18.3. The Bertz CT molecular complexity index is 1390. The molecule has 0 aliphatic carbocycles. The van der Waals surface area contributed by atoms with Gasteiger partial charge < -0.3 is 14.2 Å². The Labute approximate surface area is 207 Å². The first-order valence-corrected chi connectivity index (χ1v) is 11.3. The van der Waals surface area contributed by atoms with Crippen molar-refractivity contribution in [2.24, 2.45) is 0 Å². The number of ether oxygens (including phenoxy) is 3. The van der Waals surface area contributed by atoms with Crippen LogP contribution in [0.15, 0.2) is 85.1 Å². The van der Waals surface area contributed by atoms with E-state index >= 15 is 0 Å². The second-order valence-electron chi connectivity index (χ2n) is 8.11. The van der Waals surface area contributed by atoms with Crippen LogP contribution in [0.25, 0.3) is 11.3 Å². The van der Waals surface area contributed by atoms with Gasteiger partial charge in [0.15, 0.2) is 11.5 Å². The minimum Gasteiger partial charge on any atom is -0.497 e. The summed E-state index contributed by atoms with van der Waals surface area (Å²) in [5.41, 5.74) is 7.41. The zero-order valence-electron chi connectivity index (χ0n) is 19.5. The van der Waals surface area contributed by atoms with Crippen LogP contribution in [0.3, 0.4) is 0 Å². The summed E-state index contributed by atoms with van der Waals surface area (Å²) in [6, 6.07) is 24.2. The lowest BCUT2D eigenvalue weighted by atomic mass is 10.1. The maximum Gasteiger partial charge on any atom is 0.283 e. The highest BCUT2D eigenvalue weighted by molar-refractivity contribution is 6.00. The number of methoxy groups -OCH3 is 1. The SMILES string of the molecule is COc1cccc(-c2nn(Cc3ccccc3)cc2C(=O)NNC(=O)C2COc3ccccc3O2)c1. The molecule has 2 N–H and O–H groups in total. The molecule has 1 aliphatic rings. The highest BCUT2D eigenvalue weighted by atomic mass is 16.6. The maximum atomic E-state index is 13.2. The number of benzene rings is 3. The van der Waals surface area contributed by atoms with Gasteiger partial charge in [-0.05, 0) is 29.8 Å². The molecule has 3 aromatic carbocycles. The number of hydrogen-bond acceptors (Lipinski definition) is 6. The van der Waals surface area contributed by atoms with Crippen LogP contribution in [0.1, 0.15) is 15.9 Å². The predicted molar refractivity (Wildman–Crippen MR) is 132 cm³/mol. The molecule has 0 spiro atoms. The summed E-state index contributed by atoms with van der Waals surface area (Å²) in [4.78, 5) is 25.8. The number of para-hydroxylation sites is 2. The average molecular weight is 485 g/mol. The van der Waals surface area contributed by atoms with E-state index in [1.54, 1.807) is 42.3 Å². The summed E-state index contributed by atoms with van der Waals surface area (Å²) in [5.74, 6) is 0.631. The van der Waals surface area contributed by atoms with Crippen molar-refractivity contribution in [1.82, 2.24) is 20.6 Å². The minimum absolute atomic E-state index is 0.0305. The predicted octanol–water partition coefficient (Wildman–Crippen LogP) is 3.21. The first-order chi connectivity index (χ1) is 17.6. The van der Waals surface area contributed by atoms with Gasteiger partial charge in [0.25, 0.3) is 11.8 Å². The van der Waals surface area contributed by atoms with Gasteiger partial charge in [0.1, 0.15) is 18.1 Å². The lowest BCUT2D eigenvalue weighted by Crippen LogP contribution is -2.50. The van der Waals surface area contributed by atoms with Gasteiger partial charge in [-0.3, -0.25) is 25.1 Å². The van der Waals surface area contributed by atoms with Crippen molar-refractivity contribution in [3.8, 4) is 28.5 Å². The van der Waals surface area contributed by atoms with Gasteiger partial charge in [-0.15, -0.1) is 0 Å². The molecule has 2 amide bonds. The number of amides is 2. The Balaban J connectivity index is 1.34. The van der Waals surface area contributed by atoms with Crippen LogP contribution in [0.5, 0.6) is 17.2 Å². The van der Waals surface area contributed by atoms with Gasteiger partial charge in [-0.1, -0.05) is 54.6 Å². The molecule has 1 atom stereocenters. The first kappa shape index (κ1) is 23.0. The molecule has 0 fully saturated rings. The van der Waals surface area contributed by atoms with Crippen LogP contribution in [0.4, 0.5) is 0 Å². The summed E-state index contributed by atoms with van der Waals surface area (Å²) >= 11 is 0. The molecule has 1 aromatic heterocycles. The van der Waals surface area contributed by atoms with Crippen molar-refractivity contribution in [1.29, 1.82) is 0 Å². The van der Waals surface area contributed by atoms with Crippen LogP contribution in [0, 0.1) is 0 Å². The quantitative estimate of drug-likeness (QED) is 0.408. The number of nitrogens with one attached hydrogen (secondary N) is 2. The third kappa shape index (κ3) is 5.00. The van der Waals surface area contributed by atoms with E-state index in [0.29, 0.717) is 40.6 Å². The van der Waals surface area contributed by atoms with Crippen molar-refractivity contribution < 1.29 is 23.8 Å². The Morgan fingerprint density at radius 1 is 1.00 bits per heavy atom. The third-order valence-corrected chi connectivity index (χ3v) is 5.64. The lowest BCUT2D eigenvalue weighted by molar-refractivity contribution is -0.131. The summed E-state index contributed by atoms with van der Waals surface area (Å²) in [6.45, 7) is 0.507. The van der Waals surface area contributed by atoms with Crippen molar-refractivity contribution in [3.63, 3.8) is 0 Å². The van der Waals surface area contributed by atoms with E-state index in [9.17, 15) is 9.59 Å². The maximum absolute atomic E-state index is 13.2. The van der Waals surface area contributed by atoms with Gasteiger partial charge >= 0.3 is 0 Å². The highest BCUT2D eigenvalue weighted by Crippen LogP contribution is 2.31. The standard InChI is InChI=1S/C27H24N4O5/c1-34-20-11-7-10-19(14-20)25-21(16-31(30-25)15-18-8-3-2-4-9-18)26(32)28-29-27(33)24-17-35-22-12-5-6-13-23(22)36-24/h2-14,16,24H,15,17H2,1H3,(H,28,32)(H,29,33). The Hall–Kier alpha value is -4.79. The monoisotopic (exact) mass is 484 g/mol. The minimum atomic E-state index is -0.904. The highest BCUT2D eigenvalue weighted by Gasteiger charge is 2.28. The lowest BCUT2D eigenvalue weighted by Gasteiger charge is -2.25. The zero-order valence-corrected chi connectivity index (χ0v) is 19.5. The fourth-order valence-corrected chi connectivity index (χ4v) is 3.84. The second kappa shape index (κ2) is 10.2. The number of nitrogens with zero attached hydrogens (tertiary/aromatic N) is 2. The number of rotatable bonds is 6. The summed E-state index contributed by atoms with van der Waals surface area (Å²) in [6.07, 6.45) is 0.749. The van der Waals surface area contributed by atoms with E-state index in [1.165, 1.54) is 0 Å². The second-order valence-corrected chi connectivity index (χ2v) is 8.11. The van der Waals surface area contributed by atoms with Crippen LogP contribution in [0.2, 0.25) is 0 Å². The Morgan fingerprint density at radius 2 is 1.78 bits per heavy atom. The number of hydrazine groups is 1. The molecule has 2 heterocycles. The molecule has 9 heteroatoms. The van der Waals surface area contributed by atoms with Crippen molar-refractivity contribution in [2.75, 3.05) is 13.7 Å². The van der Waals surface area contributed by atoms with Gasteiger partial charge in [0.05, 0.1) is 19.2 Å². The number of carbonyl (C=O) groups is 2. The first-order valence-electron chi connectivity index (χ1n) is 11.3. The van der Waals surface area contributed by atoms with Gasteiger partial charge in [0.2, 0.25) is 6.10 Å². The van der Waals surface area contributed by atoms with Crippen LogP contribution in [-0.2, 0) is 11.3 Å². The van der Waals surface area contributed by atoms with Crippen LogP contribution >= 0.6 is 0 Å². The fraction of sp³-hybridized carbons (Fsp3) is 0.148. The van der Waals surface area contributed by atoms with E-state index in [1.807, 2.05) is 54.6 Å². The largest absolute Gasteiger partial charge is 0.497 e. The summed E-state index contributed by atoms with van der Waals surface area (Å²) in [7, 11) is 1.58. The number of carbonyl (C=O) groups excluding carboxylic acids is 2. The molecule has 1 unspecified atom stereocenters. The van der Waals surface area contributed by atoms with Gasteiger partial charge in [-0.25, -0.2) is 0 Å². The van der Waals surface area contributed by atoms with Gasteiger partial charge in [0, 0.05) is 11.8 Å². The molecule has 36 heavy (non-hydrogen) atoms. The normalized spacial score (nSPS) is 14.1. The van der Waals surface area contributed by atoms with Crippen LogP contribution < -0.4 is 25.1 Å². The molecular weight excluding hydrogens is 460 g/mol. The molecule has 1 aliphatic heterocycles. The van der Waals surface area contributed by atoms with E-state index in [-0.39, 0.29) is 6.61 Å². The Kier molecular flexibility index (Phi) is 6.53. The van der Waals surface area contributed by atoms with E-state index in [0.717, 1.165) is 5.56 Å².